The number of amides is 1. The molecule has 0 saturated carbocycles. The highest BCUT2D eigenvalue weighted by atomic mass is 16.5. The first-order valence-electron chi connectivity index (χ1n) is 7.40. The van der Waals surface area contributed by atoms with Crippen molar-refractivity contribution in [2.24, 2.45) is 5.92 Å². The summed E-state index contributed by atoms with van der Waals surface area (Å²) in [4.78, 5) is 14.2. The van der Waals surface area contributed by atoms with Crippen LogP contribution in [0, 0.1) is 5.92 Å². The van der Waals surface area contributed by atoms with Gasteiger partial charge in [0, 0.05) is 13.1 Å². The van der Waals surface area contributed by atoms with E-state index >= 15 is 0 Å². The zero-order valence-corrected chi connectivity index (χ0v) is 13.1. The van der Waals surface area contributed by atoms with E-state index < -0.39 is 0 Å². The number of hydrogen-bond acceptors (Lipinski definition) is 4. The molecule has 1 aromatic carbocycles. The number of methoxy groups -OCH3 is 1. The average Bonchev–Trinajstić information content (AvgIpc) is 3.01. The van der Waals surface area contributed by atoms with Gasteiger partial charge in [-0.05, 0) is 44.8 Å². The molecule has 0 aromatic heterocycles. The van der Waals surface area contributed by atoms with E-state index in [0.717, 1.165) is 30.8 Å². The normalized spacial score (nSPS) is 19.5. The van der Waals surface area contributed by atoms with E-state index in [-0.39, 0.29) is 17.9 Å². The summed E-state index contributed by atoms with van der Waals surface area (Å²) in [5.74, 6) is 1.10. The van der Waals surface area contributed by atoms with Gasteiger partial charge in [-0.2, -0.15) is 0 Å². The molecule has 0 aliphatic carbocycles. The molecule has 116 valence electrons. The van der Waals surface area contributed by atoms with Crippen LogP contribution in [-0.2, 0) is 4.79 Å². The number of nitrogens with one attached hydrogen (secondary N) is 2. The van der Waals surface area contributed by atoms with Gasteiger partial charge in [-0.25, -0.2) is 0 Å². The Kier molecular flexibility index (Phi) is 5.59. The Balaban J connectivity index is 1.99. The van der Waals surface area contributed by atoms with Crippen molar-refractivity contribution in [2.75, 3.05) is 40.8 Å². The quantitative estimate of drug-likeness (QED) is 0.822. The first-order valence-corrected chi connectivity index (χ1v) is 7.40. The van der Waals surface area contributed by atoms with Crippen LogP contribution in [-0.4, -0.2) is 51.6 Å². The monoisotopic (exact) mass is 291 g/mol. The molecule has 0 spiro atoms. The van der Waals surface area contributed by atoms with Crippen LogP contribution >= 0.6 is 0 Å². The van der Waals surface area contributed by atoms with Crippen LogP contribution in [0.5, 0.6) is 5.75 Å². The lowest BCUT2D eigenvalue weighted by molar-refractivity contribution is -0.124. The molecule has 1 fully saturated rings. The Morgan fingerprint density at radius 2 is 2.33 bits per heavy atom. The molecule has 1 saturated heterocycles. The molecule has 1 aliphatic heterocycles. The number of ether oxygens (including phenoxy) is 1. The minimum atomic E-state index is 0.109. The van der Waals surface area contributed by atoms with Gasteiger partial charge >= 0.3 is 0 Å². The molecule has 1 aromatic rings. The second-order valence-corrected chi connectivity index (χ2v) is 5.69. The second-order valence-electron chi connectivity index (χ2n) is 5.69. The maximum absolute atomic E-state index is 12.1. The van der Waals surface area contributed by atoms with Crippen LogP contribution in [0.4, 0.5) is 0 Å². The number of benzene rings is 1. The topological polar surface area (TPSA) is 53.6 Å². The average molecular weight is 291 g/mol. The fourth-order valence-electron chi connectivity index (χ4n) is 2.67. The van der Waals surface area contributed by atoms with Crippen LogP contribution < -0.4 is 15.4 Å². The molecule has 1 amide bonds. The zero-order chi connectivity index (χ0) is 15.2. The Hall–Kier alpha value is -1.59. The molecule has 0 bridgehead atoms. The van der Waals surface area contributed by atoms with Gasteiger partial charge in [0.2, 0.25) is 5.91 Å². The Labute approximate surface area is 126 Å². The molecule has 1 heterocycles. The Morgan fingerprint density at radius 3 is 2.95 bits per heavy atom. The van der Waals surface area contributed by atoms with Crippen LogP contribution in [0.25, 0.3) is 0 Å². The van der Waals surface area contributed by atoms with Crippen LogP contribution in [0.3, 0.4) is 0 Å². The van der Waals surface area contributed by atoms with Crippen molar-refractivity contribution in [1.82, 2.24) is 15.5 Å². The summed E-state index contributed by atoms with van der Waals surface area (Å²) in [5.41, 5.74) is 1.14. The summed E-state index contributed by atoms with van der Waals surface area (Å²) in [6.07, 6.45) is 0.928. The summed E-state index contributed by atoms with van der Waals surface area (Å²) >= 11 is 0. The van der Waals surface area contributed by atoms with Crippen molar-refractivity contribution in [3.8, 4) is 5.75 Å². The molecule has 2 atom stereocenters. The molecule has 2 rings (SSSR count). The summed E-state index contributed by atoms with van der Waals surface area (Å²) in [6, 6.07) is 8.13. The van der Waals surface area contributed by atoms with Gasteiger partial charge in [0.15, 0.2) is 0 Å². The van der Waals surface area contributed by atoms with Crippen LogP contribution in [0.15, 0.2) is 24.3 Å². The zero-order valence-electron chi connectivity index (χ0n) is 13.1. The van der Waals surface area contributed by atoms with Crippen LogP contribution in [0.1, 0.15) is 18.0 Å². The molecule has 5 nitrogen and oxygen atoms in total. The van der Waals surface area contributed by atoms with E-state index in [1.54, 1.807) is 7.11 Å². The molecule has 1 aliphatic rings. The fraction of sp³-hybridized carbons (Fsp3) is 0.562. The maximum Gasteiger partial charge on any atom is 0.224 e. The molecule has 21 heavy (non-hydrogen) atoms. The lowest BCUT2D eigenvalue weighted by Gasteiger charge is -2.26. The van der Waals surface area contributed by atoms with E-state index in [4.69, 9.17) is 4.74 Å². The van der Waals surface area contributed by atoms with Crippen molar-refractivity contribution in [3.63, 3.8) is 0 Å². The molecule has 5 heteroatoms. The van der Waals surface area contributed by atoms with E-state index in [2.05, 4.69) is 21.6 Å². The van der Waals surface area contributed by atoms with Gasteiger partial charge in [-0.1, -0.05) is 12.1 Å². The minimum absolute atomic E-state index is 0.109. The molecule has 0 radical (unpaired) electrons. The number of likely N-dealkylation sites (N-methyl/N-ethyl adjacent to an activating group) is 1. The number of carbonyl (C=O) groups excluding carboxylic acids is 1. The number of hydrogen-bond donors (Lipinski definition) is 2. The van der Waals surface area contributed by atoms with E-state index in [1.807, 2.05) is 32.3 Å². The van der Waals surface area contributed by atoms with Crippen molar-refractivity contribution in [1.29, 1.82) is 0 Å². The van der Waals surface area contributed by atoms with Crippen molar-refractivity contribution in [2.45, 2.75) is 12.5 Å². The third-order valence-electron chi connectivity index (χ3n) is 4.00. The largest absolute Gasteiger partial charge is 0.497 e. The summed E-state index contributed by atoms with van der Waals surface area (Å²) in [5, 5.41) is 6.30. The summed E-state index contributed by atoms with van der Waals surface area (Å²) in [7, 11) is 5.71. The number of rotatable bonds is 6. The number of carbonyl (C=O) groups is 1. The molecular formula is C16H25N3O2. The minimum Gasteiger partial charge on any atom is -0.497 e. The van der Waals surface area contributed by atoms with Crippen LogP contribution in [0.2, 0.25) is 0 Å². The smallest absolute Gasteiger partial charge is 0.224 e. The van der Waals surface area contributed by atoms with Gasteiger partial charge in [-0.3, -0.25) is 4.79 Å². The first-order chi connectivity index (χ1) is 10.1. The standard InChI is InChI=1S/C16H25N3O2/c1-19(2)15(12-5-4-6-14(9-12)21-3)11-18-16(20)13-7-8-17-10-13/h4-6,9,13,15,17H,7-8,10-11H2,1-3H3,(H,18,20). The molecule has 2 N–H and O–H groups in total. The van der Waals surface area contributed by atoms with E-state index in [1.165, 1.54) is 0 Å². The fourth-order valence-corrected chi connectivity index (χ4v) is 2.67. The predicted molar refractivity (Wildman–Crippen MR) is 83.4 cm³/mol. The molecule has 2 unspecified atom stereocenters. The second kappa shape index (κ2) is 7.43. The van der Waals surface area contributed by atoms with Crippen molar-refractivity contribution >= 4 is 5.91 Å². The van der Waals surface area contributed by atoms with Gasteiger partial charge in [-0.15, -0.1) is 0 Å². The lowest BCUT2D eigenvalue weighted by Crippen LogP contribution is -2.38. The van der Waals surface area contributed by atoms with Gasteiger partial charge in [0.25, 0.3) is 0 Å². The lowest BCUT2D eigenvalue weighted by atomic mass is 10.0. The first kappa shape index (κ1) is 15.8. The Bertz CT molecular complexity index is 470. The van der Waals surface area contributed by atoms with E-state index in [9.17, 15) is 4.79 Å². The highest BCUT2D eigenvalue weighted by molar-refractivity contribution is 5.79. The third-order valence-corrected chi connectivity index (χ3v) is 4.00. The summed E-state index contributed by atoms with van der Waals surface area (Å²) in [6.45, 7) is 2.33. The predicted octanol–water partition coefficient (Wildman–Crippen LogP) is 1.02. The maximum atomic E-state index is 12.1. The number of nitrogens with zero attached hydrogens (tertiary/aromatic N) is 1. The summed E-state index contributed by atoms with van der Waals surface area (Å²) < 4.78 is 5.28. The van der Waals surface area contributed by atoms with Crippen molar-refractivity contribution < 1.29 is 9.53 Å². The van der Waals surface area contributed by atoms with Gasteiger partial charge < -0.3 is 20.3 Å². The highest BCUT2D eigenvalue weighted by Gasteiger charge is 2.23. The van der Waals surface area contributed by atoms with E-state index in [0.29, 0.717) is 6.54 Å². The van der Waals surface area contributed by atoms with Crippen molar-refractivity contribution in [3.05, 3.63) is 29.8 Å². The third kappa shape index (κ3) is 4.19. The van der Waals surface area contributed by atoms with Gasteiger partial charge in [0.05, 0.1) is 19.1 Å². The Morgan fingerprint density at radius 1 is 1.52 bits per heavy atom. The highest BCUT2D eigenvalue weighted by Crippen LogP contribution is 2.22. The van der Waals surface area contributed by atoms with Gasteiger partial charge in [0.1, 0.15) is 5.75 Å². The SMILES string of the molecule is COc1cccc(C(CNC(=O)C2CCNC2)N(C)C)c1. The molecular weight excluding hydrogens is 266 g/mol.